The fourth-order valence-corrected chi connectivity index (χ4v) is 4.98. The van der Waals surface area contributed by atoms with E-state index in [9.17, 15) is 5.26 Å². The van der Waals surface area contributed by atoms with E-state index in [0.717, 1.165) is 30.6 Å². The summed E-state index contributed by atoms with van der Waals surface area (Å²) in [6, 6.07) is 26.3. The summed E-state index contributed by atoms with van der Waals surface area (Å²) in [5, 5.41) is 13.8. The molecule has 2 heterocycles. The highest BCUT2D eigenvalue weighted by molar-refractivity contribution is 6.31. The van der Waals surface area contributed by atoms with Crippen molar-refractivity contribution >= 4 is 17.5 Å². The molecule has 7 heteroatoms. The molecule has 0 aliphatic carbocycles. The fraction of sp³-hybridized carbons (Fsp3) is 0.290. The van der Waals surface area contributed by atoms with E-state index in [4.69, 9.17) is 20.8 Å². The lowest BCUT2D eigenvalue weighted by Crippen LogP contribution is -2.31. The quantitative estimate of drug-likeness (QED) is 0.234. The first kappa shape index (κ1) is 25.8. The Hall–Kier alpha value is -3.79. The molecule has 4 aromatic rings. The van der Waals surface area contributed by atoms with Gasteiger partial charge in [0.15, 0.2) is 0 Å². The number of ether oxygens (including phenoxy) is 1. The maximum absolute atomic E-state index is 9.72. The minimum Gasteiger partial charge on any atom is -0.489 e. The van der Waals surface area contributed by atoms with Gasteiger partial charge in [0.2, 0.25) is 17.5 Å². The standard InChI is InChI=1S/C31H31ClN4O2/c1-2-22-9-11-23(12-10-22)29(36-17-5-6-18-36)20-34-31-28(19-33)35-30(38-31)24-13-15-26(16-14-24)37-21-25-7-3-4-8-27(25)32/h3-4,7-16,29,34H,2,5-6,17-18,20-21H2,1H3/t29-/m0/s1. The van der Waals surface area contributed by atoms with Crippen LogP contribution in [0.15, 0.2) is 77.2 Å². The van der Waals surface area contributed by atoms with Crippen LogP contribution in [-0.2, 0) is 13.0 Å². The number of nitrogens with zero attached hydrogens (tertiary/aromatic N) is 3. The van der Waals surface area contributed by atoms with Gasteiger partial charge in [-0.05, 0) is 73.8 Å². The molecule has 1 atom stereocenters. The molecule has 1 aliphatic rings. The predicted octanol–water partition coefficient (Wildman–Crippen LogP) is 7.26. The largest absolute Gasteiger partial charge is 0.489 e. The average molecular weight is 527 g/mol. The van der Waals surface area contributed by atoms with Gasteiger partial charge in [-0.25, -0.2) is 0 Å². The Balaban J connectivity index is 1.28. The van der Waals surface area contributed by atoms with Crippen LogP contribution in [0.5, 0.6) is 5.75 Å². The van der Waals surface area contributed by atoms with Gasteiger partial charge in [0.05, 0.1) is 6.04 Å². The van der Waals surface area contributed by atoms with Crippen molar-refractivity contribution in [3.8, 4) is 23.3 Å². The van der Waals surface area contributed by atoms with Crippen molar-refractivity contribution in [3.05, 3.63) is 100 Å². The summed E-state index contributed by atoms with van der Waals surface area (Å²) in [5.41, 5.74) is 4.54. The first-order valence-electron chi connectivity index (χ1n) is 13.1. The highest BCUT2D eigenvalue weighted by Gasteiger charge is 2.25. The van der Waals surface area contributed by atoms with E-state index in [2.05, 4.69) is 52.5 Å². The Bertz CT molecular complexity index is 1390. The molecule has 0 amide bonds. The van der Waals surface area contributed by atoms with Gasteiger partial charge in [0.1, 0.15) is 18.4 Å². The summed E-state index contributed by atoms with van der Waals surface area (Å²) in [6.45, 7) is 5.31. The molecule has 38 heavy (non-hydrogen) atoms. The maximum atomic E-state index is 9.72. The first-order valence-corrected chi connectivity index (χ1v) is 13.5. The molecule has 1 fully saturated rings. The van der Waals surface area contributed by atoms with Crippen LogP contribution in [0, 0.1) is 11.3 Å². The Morgan fingerprint density at radius 2 is 1.79 bits per heavy atom. The van der Waals surface area contributed by atoms with Gasteiger partial charge >= 0.3 is 0 Å². The molecule has 5 rings (SSSR count). The van der Waals surface area contributed by atoms with Gasteiger partial charge < -0.3 is 14.5 Å². The normalized spacial score (nSPS) is 14.2. The highest BCUT2D eigenvalue weighted by Crippen LogP contribution is 2.30. The number of oxazole rings is 1. The molecule has 1 N–H and O–H groups in total. The number of rotatable bonds is 10. The Kier molecular flexibility index (Phi) is 8.28. The summed E-state index contributed by atoms with van der Waals surface area (Å²) >= 11 is 6.22. The summed E-state index contributed by atoms with van der Waals surface area (Å²) in [5.74, 6) is 1.50. The van der Waals surface area contributed by atoms with Crippen molar-refractivity contribution in [1.82, 2.24) is 9.88 Å². The second kappa shape index (κ2) is 12.2. The van der Waals surface area contributed by atoms with Crippen LogP contribution in [0.1, 0.15) is 48.2 Å². The lowest BCUT2D eigenvalue weighted by molar-refractivity contribution is 0.255. The third kappa shape index (κ3) is 6.02. The Morgan fingerprint density at radius 3 is 2.47 bits per heavy atom. The topological polar surface area (TPSA) is 74.3 Å². The van der Waals surface area contributed by atoms with Gasteiger partial charge in [-0.3, -0.25) is 4.90 Å². The molecular weight excluding hydrogens is 496 g/mol. The Morgan fingerprint density at radius 1 is 1.05 bits per heavy atom. The molecule has 1 saturated heterocycles. The zero-order valence-electron chi connectivity index (χ0n) is 21.5. The number of aryl methyl sites for hydroxylation is 1. The van der Waals surface area contributed by atoms with Crippen LogP contribution >= 0.6 is 11.6 Å². The molecule has 0 unspecified atom stereocenters. The van der Waals surface area contributed by atoms with E-state index in [1.54, 1.807) is 0 Å². The van der Waals surface area contributed by atoms with E-state index >= 15 is 0 Å². The van der Waals surface area contributed by atoms with Gasteiger partial charge in [-0.15, -0.1) is 0 Å². The first-order chi connectivity index (χ1) is 18.6. The molecule has 0 saturated carbocycles. The summed E-state index contributed by atoms with van der Waals surface area (Å²) < 4.78 is 11.9. The van der Waals surface area contributed by atoms with E-state index in [0.29, 0.717) is 35.7 Å². The number of likely N-dealkylation sites (tertiary alicyclic amines) is 1. The smallest absolute Gasteiger partial charge is 0.232 e. The molecule has 0 radical (unpaired) electrons. The van der Waals surface area contributed by atoms with Crippen molar-refractivity contribution in [2.24, 2.45) is 0 Å². The minimum atomic E-state index is 0.193. The number of halogens is 1. The lowest BCUT2D eigenvalue weighted by atomic mass is 10.0. The molecule has 1 aromatic heterocycles. The van der Waals surface area contributed by atoms with Crippen LogP contribution in [0.3, 0.4) is 0 Å². The maximum Gasteiger partial charge on any atom is 0.232 e. The van der Waals surface area contributed by atoms with Crippen molar-refractivity contribution in [1.29, 1.82) is 5.26 Å². The van der Waals surface area contributed by atoms with Crippen molar-refractivity contribution in [3.63, 3.8) is 0 Å². The van der Waals surface area contributed by atoms with Crippen LogP contribution in [0.4, 0.5) is 5.88 Å². The molecule has 0 spiro atoms. The zero-order chi connectivity index (χ0) is 26.3. The second-order valence-corrected chi connectivity index (χ2v) is 9.86. The number of nitriles is 1. The zero-order valence-corrected chi connectivity index (χ0v) is 22.2. The summed E-state index contributed by atoms with van der Waals surface area (Å²) in [6.07, 6.45) is 3.43. The number of aromatic nitrogens is 1. The van der Waals surface area contributed by atoms with Gasteiger partial charge in [0.25, 0.3) is 0 Å². The molecule has 194 valence electrons. The van der Waals surface area contributed by atoms with Crippen LogP contribution < -0.4 is 10.1 Å². The van der Waals surface area contributed by atoms with Gasteiger partial charge in [-0.2, -0.15) is 10.2 Å². The lowest BCUT2D eigenvalue weighted by Gasteiger charge is -2.28. The number of benzene rings is 3. The van der Waals surface area contributed by atoms with E-state index in [1.165, 1.54) is 24.0 Å². The molecule has 6 nitrogen and oxygen atoms in total. The molecular formula is C31H31ClN4O2. The monoisotopic (exact) mass is 526 g/mol. The van der Waals surface area contributed by atoms with Crippen LogP contribution in [0.2, 0.25) is 5.02 Å². The van der Waals surface area contributed by atoms with Crippen molar-refractivity contribution in [2.75, 3.05) is 25.0 Å². The van der Waals surface area contributed by atoms with Crippen molar-refractivity contribution < 1.29 is 9.15 Å². The van der Waals surface area contributed by atoms with E-state index in [-0.39, 0.29) is 11.7 Å². The van der Waals surface area contributed by atoms with Crippen LogP contribution in [0.25, 0.3) is 11.5 Å². The van der Waals surface area contributed by atoms with Crippen LogP contribution in [-0.4, -0.2) is 29.5 Å². The number of anilines is 1. The summed E-state index contributed by atoms with van der Waals surface area (Å²) in [7, 11) is 0. The second-order valence-electron chi connectivity index (χ2n) is 9.45. The van der Waals surface area contributed by atoms with Crippen molar-refractivity contribution in [2.45, 2.75) is 38.8 Å². The molecule has 1 aliphatic heterocycles. The number of nitrogens with one attached hydrogen (secondary N) is 1. The average Bonchev–Trinajstić information content (AvgIpc) is 3.64. The summed E-state index contributed by atoms with van der Waals surface area (Å²) in [4.78, 5) is 6.94. The third-order valence-corrected chi connectivity index (χ3v) is 7.37. The van der Waals surface area contributed by atoms with E-state index < -0.39 is 0 Å². The highest BCUT2D eigenvalue weighted by atomic mass is 35.5. The SMILES string of the molecule is CCc1ccc([C@H](CNc2oc(-c3ccc(OCc4ccccc4Cl)cc3)nc2C#N)N2CCCC2)cc1. The predicted molar refractivity (Wildman–Crippen MR) is 150 cm³/mol. The van der Waals surface area contributed by atoms with Gasteiger partial charge in [0, 0.05) is 22.7 Å². The van der Waals surface area contributed by atoms with E-state index in [1.807, 2.05) is 48.5 Å². The minimum absolute atomic E-state index is 0.193. The molecule has 3 aromatic carbocycles. The molecule has 0 bridgehead atoms. The number of hydrogen-bond acceptors (Lipinski definition) is 6. The Labute approximate surface area is 228 Å². The fourth-order valence-electron chi connectivity index (χ4n) is 4.79. The third-order valence-electron chi connectivity index (χ3n) is 7.00. The van der Waals surface area contributed by atoms with Gasteiger partial charge in [-0.1, -0.05) is 61.0 Å². The number of hydrogen-bond donors (Lipinski definition) is 1.